The highest BCUT2D eigenvalue weighted by Gasteiger charge is 2.01. The molecule has 0 fully saturated rings. The van der Waals surface area contributed by atoms with Gasteiger partial charge in [0.25, 0.3) is 0 Å². The second-order valence-electron chi connectivity index (χ2n) is 4.20. The van der Waals surface area contributed by atoms with E-state index in [1.165, 1.54) is 12.1 Å². The van der Waals surface area contributed by atoms with Crippen LogP contribution in [-0.4, -0.2) is 11.1 Å². The molecule has 0 unspecified atom stereocenters. The van der Waals surface area contributed by atoms with E-state index in [9.17, 15) is 4.79 Å². The smallest absolute Gasteiger partial charge is 0.335 e. The molecule has 2 N–H and O–H groups in total. The van der Waals surface area contributed by atoms with Crippen LogP contribution in [0.4, 0.5) is 5.69 Å². The summed E-state index contributed by atoms with van der Waals surface area (Å²) in [5.41, 5.74) is 2.22. The van der Waals surface area contributed by atoms with Crippen molar-refractivity contribution >= 4 is 29.3 Å². The Bertz CT molecular complexity index is 731. The van der Waals surface area contributed by atoms with Gasteiger partial charge in [0.1, 0.15) is 0 Å². The molecule has 0 aliphatic rings. The molecule has 0 aliphatic heterocycles. The zero-order chi connectivity index (χ0) is 15.2. The number of carbonyl (C=O) groups is 1. The van der Waals surface area contributed by atoms with E-state index in [1.54, 1.807) is 42.6 Å². The summed E-state index contributed by atoms with van der Waals surface area (Å²) in [6.45, 7) is 0. The summed E-state index contributed by atoms with van der Waals surface area (Å²) in [7, 11) is 0. The first-order chi connectivity index (χ1) is 10.1. The summed E-state index contributed by atoms with van der Waals surface area (Å²) in [5.74, 6) is -0.961. The van der Waals surface area contributed by atoms with Gasteiger partial charge in [-0.05, 0) is 48.0 Å². The summed E-state index contributed by atoms with van der Waals surface area (Å²) in [4.78, 5) is 10.7. The quantitative estimate of drug-likeness (QED) is 0.895. The SMILES string of the molecule is N#Cc1cc(Cl)ccc1C=CNc1ccc(C(=O)O)cc1. The number of benzene rings is 2. The number of rotatable bonds is 4. The molecule has 104 valence electrons. The van der Waals surface area contributed by atoms with Gasteiger partial charge in [-0.3, -0.25) is 0 Å². The minimum absolute atomic E-state index is 0.231. The number of nitrogens with zero attached hydrogens (tertiary/aromatic N) is 1. The van der Waals surface area contributed by atoms with Crippen LogP contribution in [0.25, 0.3) is 6.08 Å². The van der Waals surface area contributed by atoms with Gasteiger partial charge in [0.15, 0.2) is 0 Å². The Morgan fingerprint density at radius 2 is 1.95 bits per heavy atom. The highest BCUT2D eigenvalue weighted by Crippen LogP contribution is 2.17. The highest BCUT2D eigenvalue weighted by molar-refractivity contribution is 6.30. The molecule has 0 saturated carbocycles. The molecule has 0 saturated heterocycles. The molecule has 0 aliphatic carbocycles. The lowest BCUT2D eigenvalue weighted by molar-refractivity contribution is 0.0697. The fourth-order valence-corrected chi connectivity index (χ4v) is 1.88. The monoisotopic (exact) mass is 298 g/mol. The molecule has 21 heavy (non-hydrogen) atoms. The maximum Gasteiger partial charge on any atom is 0.335 e. The Hall–Kier alpha value is -2.77. The van der Waals surface area contributed by atoms with Crippen LogP contribution in [0.15, 0.2) is 48.7 Å². The van der Waals surface area contributed by atoms with Crippen LogP contribution in [0.5, 0.6) is 0 Å². The number of nitrogens with one attached hydrogen (secondary N) is 1. The highest BCUT2D eigenvalue weighted by atomic mass is 35.5. The van der Waals surface area contributed by atoms with Gasteiger partial charge in [0.2, 0.25) is 0 Å². The molecule has 5 heteroatoms. The molecule has 2 aromatic rings. The first kappa shape index (κ1) is 14.6. The topological polar surface area (TPSA) is 73.1 Å². The Kier molecular flexibility index (Phi) is 4.60. The Labute approximate surface area is 126 Å². The fourth-order valence-electron chi connectivity index (χ4n) is 1.71. The van der Waals surface area contributed by atoms with Crippen molar-refractivity contribution in [3.8, 4) is 6.07 Å². The summed E-state index contributed by atoms with van der Waals surface area (Å²) in [6, 6.07) is 13.5. The largest absolute Gasteiger partial charge is 0.478 e. The Morgan fingerprint density at radius 3 is 2.57 bits per heavy atom. The van der Waals surface area contributed by atoms with Gasteiger partial charge in [0, 0.05) is 16.9 Å². The van der Waals surface area contributed by atoms with Gasteiger partial charge in [-0.25, -0.2) is 4.79 Å². The predicted molar refractivity (Wildman–Crippen MR) is 82.2 cm³/mol. The van der Waals surface area contributed by atoms with Crippen molar-refractivity contribution in [3.63, 3.8) is 0 Å². The third kappa shape index (κ3) is 3.85. The molecule has 2 aromatic carbocycles. The minimum Gasteiger partial charge on any atom is -0.478 e. The van der Waals surface area contributed by atoms with E-state index in [0.29, 0.717) is 10.6 Å². The van der Waals surface area contributed by atoms with Crippen LogP contribution in [-0.2, 0) is 0 Å². The second kappa shape index (κ2) is 6.60. The first-order valence-corrected chi connectivity index (χ1v) is 6.44. The third-order valence-corrected chi connectivity index (χ3v) is 3.02. The maximum atomic E-state index is 10.7. The number of hydrogen-bond donors (Lipinski definition) is 2. The van der Waals surface area contributed by atoms with Crippen LogP contribution in [0.3, 0.4) is 0 Å². The van der Waals surface area contributed by atoms with Crippen molar-refractivity contribution in [2.45, 2.75) is 0 Å². The molecule has 0 bridgehead atoms. The molecule has 0 atom stereocenters. The summed E-state index contributed by atoms with van der Waals surface area (Å²) >= 11 is 5.83. The maximum absolute atomic E-state index is 10.7. The van der Waals surface area contributed by atoms with E-state index < -0.39 is 5.97 Å². The number of halogens is 1. The summed E-state index contributed by atoms with van der Waals surface area (Å²) < 4.78 is 0. The van der Waals surface area contributed by atoms with Crippen molar-refractivity contribution < 1.29 is 9.90 Å². The Balaban J connectivity index is 2.09. The van der Waals surface area contributed by atoms with Gasteiger partial charge >= 0.3 is 5.97 Å². The van der Waals surface area contributed by atoms with E-state index in [4.69, 9.17) is 22.0 Å². The van der Waals surface area contributed by atoms with Crippen LogP contribution in [0, 0.1) is 11.3 Å². The number of carboxylic acid groups (broad SMARTS) is 1. The van der Waals surface area contributed by atoms with Gasteiger partial charge in [0.05, 0.1) is 17.2 Å². The second-order valence-corrected chi connectivity index (χ2v) is 4.64. The molecule has 2 rings (SSSR count). The van der Waals surface area contributed by atoms with Gasteiger partial charge in [-0.2, -0.15) is 5.26 Å². The average Bonchev–Trinajstić information content (AvgIpc) is 2.49. The lowest BCUT2D eigenvalue weighted by atomic mass is 10.1. The van der Waals surface area contributed by atoms with E-state index in [-0.39, 0.29) is 5.56 Å². The van der Waals surface area contributed by atoms with Crippen molar-refractivity contribution in [1.82, 2.24) is 0 Å². The van der Waals surface area contributed by atoms with E-state index >= 15 is 0 Å². The zero-order valence-electron chi connectivity index (χ0n) is 10.9. The normalized spacial score (nSPS) is 10.3. The van der Waals surface area contributed by atoms with Crippen molar-refractivity contribution in [3.05, 3.63) is 70.4 Å². The molecular formula is C16H11ClN2O2. The van der Waals surface area contributed by atoms with Crippen molar-refractivity contribution in [2.24, 2.45) is 0 Å². The lowest BCUT2D eigenvalue weighted by Crippen LogP contribution is -1.96. The molecule has 0 aromatic heterocycles. The van der Waals surface area contributed by atoms with Crippen LogP contribution in [0.2, 0.25) is 5.02 Å². The van der Waals surface area contributed by atoms with Crippen LogP contribution < -0.4 is 5.32 Å². The number of hydrogen-bond acceptors (Lipinski definition) is 3. The average molecular weight is 299 g/mol. The molecule has 0 radical (unpaired) electrons. The summed E-state index contributed by atoms with van der Waals surface area (Å²) in [6.07, 6.45) is 3.43. The molecule has 0 amide bonds. The number of nitriles is 1. The van der Waals surface area contributed by atoms with Crippen LogP contribution in [0.1, 0.15) is 21.5 Å². The van der Waals surface area contributed by atoms with Crippen molar-refractivity contribution in [2.75, 3.05) is 5.32 Å². The van der Waals surface area contributed by atoms with Crippen molar-refractivity contribution in [1.29, 1.82) is 5.26 Å². The number of carboxylic acids is 1. The molecule has 0 heterocycles. The Morgan fingerprint density at radius 1 is 1.24 bits per heavy atom. The third-order valence-electron chi connectivity index (χ3n) is 2.78. The molecule has 4 nitrogen and oxygen atoms in total. The predicted octanol–water partition coefficient (Wildman–Crippen LogP) is 3.99. The molecule has 0 spiro atoms. The number of aromatic carboxylic acids is 1. The first-order valence-electron chi connectivity index (χ1n) is 6.06. The minimum atomic E-state index is -0.961. The van der Waals surface area contributed by atoms with Gasteiger partial charge in [-0.15, -0.1) is 0 Å². The summed E-state index contributed by atoms with van der Waals surface area (Å²) in [5, 5.41) is 21.4. The zero-order valence-corrected chi connectivity index (χ0v) is 11.6. The van der Waals surface area contributed by atoms with Crippen LogP contribution >= 0.6 is 11.6 Å². The van der Waals surface area contributed by atoms with E-state index in [1.807, 2.05) is 0 Å². The van der Waals surface area contributed by atoms with Gasteiger partial charge in [-0.1, -0.05) is 17.7 Å². The van der Waals surface area contributed by atoms with Gasteiger partial charge < -0.3 is 10.4 Å². The number of anilines is 1. The van der Waals surface area contributed by atoms with E-state index in [2.05, 4.69) is 11.4 Å². The van der Waals surface area contributed by atoms with E-state index in [0.717, 1.165) is 11.3 Å². The standard InChI is InChI=1S/C16H11ClN2O2/c17-14-4-1-11(13(9-14)10-18)7-8-19-15-5-2-12(3-6-15)16(20)21/h1-9,19H,(H,20,21). The lowest BCUT2D eigenvalue weighted by Gasteiger charge is -2.02. The molecular weight excluding hydrogens is 288 g/mol. The fraction of sp³-hybridized carbons (Fsp3) is 0.